The predicted molar refractivity (Wildman–Crippen MR) is 234 cm³/mol. The number of hydrogen-bond acceptors (Lipinski definition) is 2. The van der Waals surface area contributed by atoms with Crippen LogP contribution in [0.3, 0.4) is 0 Å². The van der Waals surface area contributed by atoms with Crippen LogP contribution in [0.5, 0.6) is 11.5 Å². The van der Waals surface area contributed by atoms with Gasteiger partial charge in [0.25, 0.3) is 0 Å². The first-order valence-corrected chi connectivity index (χ1v) is 19.0. The summed E-state index contributed by atoms with van der Waals surface area (Å²) in [4.78, 5) is 2.37. The second-order valence-corrected chi connectivity index (χ2v) is 14.4. The molecule has 0 aromatic heterocycles. The lowest BCUT2D eigenvalue weighted by Gasteiger charge is -2.29. The third-order valence-corrected chi connectivity index (χ3v) is 11.3. The Morgan fingerprint density at radius 2 is 0.982 bits per heavy atom. The molecule has 0 atom stereocenters. The molecule has 0 fully saturated rings. The zero-order valence-electron chi connectivity index (χ0n) is 30.1. The van der Waals surface area contributed by atoms with Gasteiger partial charge in [-0.25, -0.2) is 0 Å². The van der Waals surface area contributed by atoms with E-state index in [1.165, 1.54) is 59.7 Å². The Morgan fingerprint density at radius 3 is 1.82 bits per heavy atom. The molecule has 1 aliphatic heterocycles. The molecular formula is C52H34BNO. The van der Waals surface area contributed by atoms with Crippen molar-refractivity contribution in [2.75, 3.05) is 4.90 Å². The highest BCUT2D eigenvalue weighted by molar-refractivity contribution is 6.98. The van der Waals surface area contributed by atoms with Crippen molar-refractivity contribution in [1.29, 1.82) is 0 Å². The van der Waals surface area contributed by atoms with E-state index in [1.54, 1.807) is 0 Å². The van der Waals surface area contributed by atoms with E-state index in [4.69, 9.17) is 4.74 Å². The molecule has 10 aromatic carbocycles. The summed E-state index contributed by atoms with van der Waals surface area (Å²) < 4.78 is 6.96. The molecule has 0 spiro atoms. The molecule has 3 heteroatoms. The highest BCUT2D eigenvalue weighted by Gasteiger charge is 2.29. The average molecular weight is 700 g/mol. The first-order chi connectivity index (χ1) is 27.3. The molecule has 55 heavy (non-hydrogen) atoms. The zero-order chi connectivity index (χ0) is 36.3. The molecule has 0 N–H and O–H groups in total. The molecular weight excluding hydrogens is 665 g/mol. The van der Waals surface area contributed by atoms with Gasteiger partial charge in [0.05, 0.1) is 5.69 Å². The quantitative estimate of drug-likeness (QED) is 0.127. The van der Waals surface area contributed by atoms with Crippen LogP contribution in [0, 0.1) is 0 Å². The van der Waals surface area contributed by atoms with Crippen molar-refractivity contribution >= 4 is 83.3 Å². The molecule has 256 valence electrons. The smallest absolute Gasteiger partial charge is 0.242 e. The van der Waals surface area contributed by atoms with Crippen LogP contribution in [0.15, 0.2) is 206 Å². The maximum Gasteiger partial charge on any atom is 0.242 e. The molecule has 0 bridgehead atoms. The molecule has 1 aliphatic rings. The maximum atomic E-state index is 6.96. The number of hydrogen-bond donors (Lipinski definition) is 0. The molecule has 0 saturated heterocycles. The monoisotopic (exact) mass is 699 g/mol. The highest BCUT2D eigenvalue weighted by Crippen LogP contribution is 2.49. The van der Waals surface area contributed by atoms with Crippen molar-refractivity contribution in [3.63, 3.8) is 0 Å². The van der Waals surface area contributed by atoms with E-state index < -0.39 is 0 Å². The van der Waals surface area contributed by atoms with Crippen molar-refractivity contribution in [2.24, 2.45) is 0 Å². The predicted octanol–water partition coefficient (Wildman–Crippen LogP) is 12.1. The van der Waals surface area contributed by atoms with E-state index in [0.29, 0.717) is 0 Å². The van der Waals surface area contributed by atoms with E-state index in [1.807, 2.05) is 0 Å². The summed E-state index contributed by atoms with van der Waals surface area (Å²) >= 11 is 0. The van der Waals surface area contributed by atoms with Gasteiger partial charge in [0.15, 0.2) is 0 Å². The van der Waals surface area contributed by atoms with Crippen LogP contribution in [0.1, 0.15) is 0 Å². The fraction of sp³-hybridized carbons (Fsp3) is 0. The summed E-state index contributed by atoms with van der Waals surface area (Å²) in [5.41, 5.74) is 9.38. The van der Waals surface area contributed by atoms with Crippen LogP contribution >= 0.6 is 0 Å². The fourth-order valence-electron chi connectivity index (χ4n) is 8.93. The minimum atomic E-state index is 0.0385. The minimum Gasteiger partial charge on any atom is -0.456 e. The van der Waals surface area contributed by atoms with Gasteiger partial charge in [0.2, 0.25) is 6.71 Å². The van der Waals surface area contributed by atoms with Crippen molar-refractivity contribution in [3.05, 3.63) is 206 Å². The molecule has 0 unspecified atom stereocenters. The van der Waals surface area contributed by atoms with Crippen molar-refractivity contribution in [3.8, 4) is 22.6 Å². The lowest BCUT2D eigenvalue weighted by molar-refractivity contribution is 0.487. The summed E-state index contributed by atoms with van der Waals surface area (Å²) in [5.74, 6) is 1.73. The van der Waals surface area contributed by atoms with Crippen LogP contribution in [0.2, 0.25) is 0 Å². The van der Waals surface area contributed by atoms with Crippen LogP contribution in [0.25, 0.3) is 54.2 Å². The number of nitrogens with zero attached hydrogens (tertiary/aromatic N) is 1. The topological polar surface area (TPSA) is 12.5 Å². The van der Waals surface area contributed by atoms with E-state index in [2.05, 4.69) is 211 Å². The second kappa shape index (κ2) is 12.8. The third-order valence-electron chi connectivity index (χ3n) is 11.3. The van der Waals surface area contributed by atoms with Crippen molar-refractivity contribution in [2.45, 2.75) is 0 Å². The Kier molecular flexibility index (Phi) is 7.31. The number of para-hydroxylation sites is 1. The SMILES string of the molecule is c1ccc(B(c2cccc3ccccc23)c2ccc3c4c(cccc24)Oc2cc(N(c4ccccc4)c4cc5ccccc5c5ccccc45)ccc2-3)cc1. The lowest BCUT2D eigenvalue weighted by atomic mass is 9.35. The Hall–Kier alpha value is -7.10. The zero-order valence-corrected chi connectivity index (χ0v) is 30.1. The summed E-state index contributed by atoms with van der Waals surface area (Å²) in [7, 11) is 0. The molecule has 1 heterocycles. The second-order valence-electron chi connectivity index (χ2n) is 14.4. The van der Waals surface area contributed by atoms with Gasteiger partial charge in [0.1, 0.15) is 11.5 Å². The van der Waals surface area contributed by atoms with Crippen LogP contribution < -0.4 is 26.0 Å². The Bertz CT molecular complexity index is 3080. The molecule has 11 rings (SSSR count). The molecule has 0 amide bonds. The summed E-state index contributed by atoms with van der Waals surface area (Å²) in [6.07, 6.45) is 0. The number of fused-ring (bicyclic) bond motifs is 6. The van der Waals surface area contributed by atoms with E-state index >= 15 is 0 Å². The normalized spacial score (nSPS) is 11.8. The standard InChI is InChI=1S/C52H34BNO/c1-3-18-37(19-4-1)53(47-27-13-17-35-15-7-10-23-41(35)47)48-32-31-45-44-30-29-39(34-51(44)55-50-28-14-26-46(48)52(45)50)54(38-20-5-2-6-21-38)49-33-36-16-8-9-22-40(36)42-24-11-12-25-43(42)49/h1-34H. The van der Waals surface area contributed by atoms with Crippen molar-refractivity contribution in [1.82, 2.24) is 0 Å². The third kappa shape index (κ3) is 5.12. The van der Waals surface area contributed by atoms with Gasteiger partial charge in [-0.05, 0) is 74.3 Å². The maximum absolute atomic E-state index is 6.96. The van der Waals surface area contributed by atoms with E-state index in [0.717, 1.165) is 39.5 Å². The summed E-state index contributed by atoms with van der Waals surface area (Å²) in [6.45, 7) is 0.0385. The van der Waals surface area contributed by atoms with Crippen LogP contribution in [-0.2, 0) is 0 Å². The molecule has 10 aromatic rings. The number of ether oxygens (including phenoxy) is 1. The van der Waals surface area contributed by atoms with Gasteiger partial charge in [-0.2, -0.15) is 0 Å². The Morgan fingerprint density at radius 1 is 0.364 bits per heavy atom. The van der Waals surface area contributed by atoms with Crippen LogP contribution in [0.4, 0.5) is 17.1 Å². The summed E-state index contributed by atoms with van der Waals surface area (Å²) in [5, 5.41) is 9.78. The minimum absolute atomic E-state index is 0.0385. The fourth-order valence-corrected chi connectivity index (χ4v) is 8.93. The summed E-state index contributed by atoms with van der Waals surface area (Å²) in [6, 6.07) is 74.6. The highest BCUT2D eigenvalue weighted by atomic mass is 16.5. The van der Waals surface area contributed by atoms with Crippen molar-refractivity contribution < 1.29 is 4.74 Å². The number of benzene rings is 10. The number of rotatable bonds is 6. The molecule has 2 nitrogen and oxygen atoms in total. The molecule has 0 radical (unpaired) electrons. The largest absolute Gasteiger partial charge is 0.456 e. The van der Waals surface area contributed by atoms with E-state index in [-0.39, 0.29) is 6.71 Å². The number of anilines is 3. The molecule has 0 aliphatic carbocycles. The van der Waals surface area contributed by atoms with Crippen LogP contribution in [-0.4, -0.2) is 6.71 Å². The Balaban J connectivity index is 1.09. The lowest BCUT2D eigenvalue weighted by Crippen LogP contribution is -2.52. The van der Waals surface area contributed by atoms with Gasteiger partial charge in [-0.3, -0.25) is 0 Å². The molecule has 0 saturated carbocycles. The van der Waals surface area contributed by atoms with Gasteiger partial charge in [-0.15, -0.1) is 0 Å². The first-order valence-electron chi connectivity index (χ1n) is 19.0. The van der Waals surface area contributed by atoms with Gasteiger partial charge < -0.3 is 9.64 Å². The van der Waals surface area contributed by atoms with Gasteiger partial charge in [-0.1, -0.05) is 180 Å². The van der Waals surface area contributed by atoms with Gasteiger partial charge in [0, 0.05) is 33.8 Å². The van der Waals surface area contributed by atoms with E-state index in [9.17, 15) is 0 Å². The Labute approximate surface area is 320 Å². The first kappa shape index (κ1) is 31.4. The van der Waals surface area contributed by atoms with Gasteiger partial charge >= 0.3 is 0 Å². The average Bonchev–Trinajstić information content (AvgIpc) is 3.25.